The van der Waals surface area contributed by atoms with Gasteiger partial charge in [0.25, 0.3) is 0 Å². The molecule has 1 nitrogen and oxygen atoms in total. The maximum atomic E-state index is 5.96. The fourth-order valence-electron chi connectivity index (χ4n) is 3.07. The van der Waals surface area contributed by atoms with Crippen molar-refractivity contribution in [3.8, 4) is 0 Å². The van der Waals surface area contributed by atoms with Crippen molar-refractivity contribution >= 4 is 11.6 Å². The van der Waals surface area contributed by atoms with E-state index in [9.17, 15) is 0 Å². The highest BCUT2D eigenvalue weighted by molar-refractivity contribution is 6.30. The lowest BCUT2D eigenvalue weighted by molar-refractivity contribution is 0.390. The Morgan fingerprint density at radius 3 is 2.32 bits per heavy atom. The Balaban J connectivity index is 1.86. The molecule has 1 saturated carbocycles. The van der Waals surface area contributed by atoms with Crippen LogP contribution < -0.4 is 5.32 Å². The summed E-state index contributed by atoms with van der Waals surface area (Å²) in [5.41, 5.74) is 1.36. The van der Waals surface area contributed by atoms with Crippen LogP contribution in [-0.4, -0.2) is 6.54 Å². The number of benzene rings is 1. The minimum atomic E-state index is 0.473. The Bertz CT molecular complexity index is 352. The molecule has 1 aliphatic rings. The number of rotatable bonds is 5. The molecule has 1 atom stereocenters. The fourth-order valence-corrected chi connectivity index (χ4v) is 3.20. The average molecular weight is 280 g/mol. The summed E-state index contributed by atoms with van der Waals surface area (Å²) in [7, 11) is 0. The Morgan fingerprint density at radius 1 is 1.11 bits per heavy atom. The zero-order valence-corrected chi connectivity index (χ0v) is 12.8. The van der Waals surface area contributed by atoms with Crippen molar-refractivity contribution < 1.29 is 0 Å². The first-order chi connectivity index (χ1) is 9.29. The van der Waals surface area contributed by atoms with Crippen LogP contribution in [0.5, 0.6) is 0 Å². The fraction of sp³-hybridized carbons (Fsp3) is 0.647. The number of hydrogen-bond donors (Lipinski definition) is 1. The van der Waals surface area contributed by atoms with Crippen LogP contribution in [0.4, 0.5) is 0 Å². The second-order valence-corrected chi connectivity index (χ2v) is 6.21. The first kappa shape index (κ1) is 14.9. The van der Waals surface area contributed by atoms with Crippen LogP contribution in [0.15, 0.2) is 24.3 Å². The molecule has 1 N–H and O–H groups in total. The molecule has 2 rings (SSSR count). The van der Waals surface area contributed by atoms with Crippen LogP contribution >= 0.6 is 11.6 Å². The van der Waals surface area contributed by atoms with E-state index in [4.69, 9.17) is 11.6 Å². The van der Waals surface area contributed by atoms with Gasteiger partial charge in [0.2, 0.25) is 0 Å². The summed E-state index contributed by atoms with van der Waals surface area (Å²) in [6, 6.07) is 8.76. The molecule has 0 aromatic heterocycles. The Morgan fingerprint density at radius 2 is 1.74 bits per heavy atom. The molecule has 0 spiro atoms. The third-order valence-corrected chi connectivity index (χ3v) is 4.56. The van der Waals surface area contributed by atoms with Gasteiger partial charge in [-0.05, 0) is 49.4 Å². The van der Waals surface area contributed by atoms with Gasteiger partial charge >= 0.3 is 0 Å². The molecule has 1 unspecified atom stereocenters. The van der Waals surface area contributed by atoms with Crippen LogP contribution in [0.1, 0.15) is 63.5 Å². The monoisotopic (exact) mass is 279 g/mol. The molecule has 1 aromatic rings. The lowest BCUT2D eigenvalue weighted by atomic mass is 9.98. The zero-order chi connectivity index (χ0) is 13.5. The van der Waals surface area contributed by atoms with Gasteiger partial charge in [-0.1, -0.05) is 56.3 Å². The Kier molecular flexibility index (Phi) is 6.19. The van der Waals surface area contributed by atoms with Crippen molar-refractivity contribution in [3.63, 3.8) is 0 Å². The highest BCUT2D eigenvalue weighted by Crippen LogP contribution is 2.24. The summed E-state index contributed by atoms with van der Waals surface area (Å²) in [6.07, 6.45) is 9.66. The van der Waals surface area contributed by atoms with Crippen molar-refractivity contribution in [2.45, 2.75) is 57.9 Å². The molecule has 106 valence electrons. The van der Waals surface area contributed by atoms with Crippen LogP contribution in [0.3, 0.4) is 0 Å². The summed E-state index contributed by atoms with van der Waals surface area (Å²) in [5.74, 6) is 0.879. The number of hydrogen-bond acceptors (Lipinski definition) is 1. The summed E-state index contributed by atoms with van der Waals surface area (Å²) < 4.78 is 0. The van der Waals surface area contributed by atoms with Crippen LogP contribution in [0.2, 0.25) is 5.02 Å². The van der Waals surface area contributed by atoms with E-state index in [1.165, 1.54) is 50.6 Å². The second kappa shape index (κ2) is 7.91. The van der Waals surface area contributed by atoms with Gasteiger partial charge in [-0.15, -0.1) is 0 Å². The third-order valence-electron chi connectivity index (χ3n) is 4.31. The van der Waals surface area contributed by atoms with Crippen LogP contribution in [0, 0.1) is 5.92 Å². The first-order valence-corrected chi connectivity index (χ1v) is 8.16. The highest BCUT2D eigenvalue weighted by atomic mass is 35.5. The molecular formula is C17H26ClN. The summed E-state index contributed by atoms with van der Waals surface area (Å²) in [6.45, 7) is 3.42. The van der Waals surface area contributed by atoms with Crippen molar-refractivity contribution in [1.82, 2.24) is 5.32 Å². The Hall–Kier alpha value is -0.530. The normalized spacial score (nSPS) is 19.1. The molecule has 19 heavy (non-hydrogen) atoms. The van der Waals surface area contributed by atoms with E-state index in [0.29, 0.717) is 6.04 Å². The van der Waals surface area contributed by atoms with Gasteiger partial charge in [-0.3, -0.25) is 0 Å². The van der Waals surface area contributed by atoms with E-state index < -0.39 is 0 Å². The smallest absolute Gasteiger partial charge is 0.0406 e. The average Bonchev–Trinajstić information content (AvgIpc) is 2.70. The van der Waals surface area contributed by atoms with Crippen molar-refractivity contribution in [1.29, 1.82) is 0 Å². The van der Waals surface area contributed by atoms with E-state index >= 15 is 0 Å². The minimum Gasteiger partial charge on any atom is -0.310 e. The van der Waals surface area contributed by atoms with Crippen LogP contribution in [-0.2, 0) is 0 Å². The van der Waals surface area contributed by atoms with Crippen LogP contribution in [0.25, 0.3) is 0 Å². The molecule has 0 radical (unpaired) electrons. The maximum Gasteiger partial charge on any atom is 0.0406 e. The number of nitrogens with one attached hydrogen (secondary N) is 1. The van der Waals surface area contributed by atoms with E-state index in [0.717, 1.165) is 17.4 Å². The topological polar surface area (TPSA) is 12.0 Å². The molecule has 0 heterocycles. The second-order valence-electron chi connectivity index (χ2n) is 5.78. The van der Waals surface area contributed by atoms with E-state index in [1.54, 1.807) is 0 Å². The lowest BCUT2D eigenvalue weighted by Crippen LogP contribution is -2.27. The SMILES string of the molecule is CCC(NCC1CCCCCC1)c1ccc(Cl)cc1. The summed E-state index contributed by atoms with van der Waals surface area (Å²) >= 11 is 5.96. The first-order valence-electron chi connectivity index (χ1n) is 7.78. The van der Waals surface area contributed by atoms with E-state index in [-0.39, 0.29) is 0 Å². The van der Waals surface area contributed by atoms with Gasteiger partial charge in [0.15, 0.2) is 0 Å². The van der Waals surface area contributed by atoms with Crippen molar-refractivity contribution in [3.05, 3.63) is 34.9 Å². The third kappa shape index (κ3) is 4.81. The molecule has 2 heteroatoms. The van der Waals surface area contributed by atoms with Gasteiger partial charge in [-0.2, -0.15) is 0 Å². The highest BCUT2D eigenvalue weighted by Gasteiger charge is 2.15. The molecule has 0 saturated heterocycles. The molecule has 0 bridgehead atoms. The maximum absolute atomic E-state index is 5.96. The lowest BCUT2D eigenvalue weighted by Gasteiger charge is -2.22. The standard InChI is InChI=1S/C17H26ClN/c1-2-17(15-9-11-16(18)12-10-15)19-13-14-7-5-3-4-6-8-14/h9-12,14,17,19H,2-8,13H2,1H3. The van der Waals surface area contributed by atoms with Crippen molar-refractivity contribution in [2.75, 3.05) is 6.54 Å². The minimum absolute atomic E-state index is 0.473. The van der Waals surface area contributed by atoms with Crippen molar-refractivity contribution in [2.24, 2.45) is 5.92 Å². The largest absolute Gasteiger partial charge is 0.310 e. The van der Waals surface area contributed by atoms with Gasteiger partial charge in [-0.25, -0.2) is 0 Å². The molecule has 0 amide bonds. The van der Waals surface area contributed by atoms with Gasteiger partial charge < -0.3 is 5.32 Å². The molecule has 1 fully saturated rings. The van der Waals surface area contributed by atoms with E-state index in [2.05, 4.69) is 24.4 Å². The summed E-state index contributed by atoms with van der Waals surface area (Å²) in [4.78, 5) is 0. The van der Waals surface area contributed by atoms with Gasteiger partial charge in [0.05, 0.1) is 0 Å². The quantitative estimate of drug-likeness (QED) is 0.716. The number of halogens is 1. The predicted octanol–water partition coefficient (Wildman–Crippen LogP) is 5.35. The Labute approximate surface area is 122 Å². The zero-order valence-electron chi connectivity index (χ0n) is 12.0. The summed E-state index contributed by atoms with van der Waals surface area (Å²) in [5, 5.41) is 4.58. The molecule has 1 aliphatic carbocycles. The molecule has 1 aromatic carbocycles. The van der Waals surface area contributed by atoms with Gasteiger partial charge in [0, 0.05) is 11.1 Å². The molecular weight excluding hydrogens is 254 g/mol. The predicted molar refractivity (Wildman–Crippen MR) is 83.7 cm³/mol. The van der Waals surface area contributed by atoms with Gasteiger partial charge in [0.1, 0.15) is 0 Å². The van der Waals surface area contributed by atoms with E-state index in [1.807, 2.05) is 12.1 Å². The molecule has 0 aliphatic heterocycles.